The summed E-state index contributed by atoms with van der Waals surface area (Å²) in [6, 6.07) is 28.8. The van der Waals surface area contributed by atoms with E-state index in [-0.39, 0.29) is 35.7 Å². The molecule has 1 atom stereocenters. The van der Waals surface area contributed by atoms with Gasteiger partial charge in [-0.2, -0.15) is 0 Å². The summed E-state index contributed by atoms with van der Waals surface area (Å²) >= 11 is 12.9. The summed E-state index contributed by atoms with van der Waals surface area (Å²) in [5, 5.41) is 4.00. The zero-order valence-corrected chi connectivity index (χ0v) is 30.2. The van der Waals surface area contributed by atoms with E-state index in [1.54, 1.807) is 48.5 Å². The van der Waals surface area contributed by atoms with E-state index < -0.39 is 28.5 Å². The highest BCUT2D eigenvalue weighted by Crippen LogP contribution is 2.29. The van der Waals surface area contributed by atoms with Gasteiger partial charge in [0.1, 0.15) is 12.6 Å². The molecule has 10 heteroatoms. The van der Waals surface area contributed by atoms with Gasteiger partial charge in [0.25, 0.3) is 10.0 Å². The second-order valence-corrected chi connectivity index (χ2v) is 15.6. The molecule has 1 fully saturated rings. The lowest BCUT2D eigenvalue weighted by atomic mass is 9.94. The topological polar surface area (TPSA) is 86.8 Å². The molecule has 7 nitrogen and oxygen atoms in total. The number of anilines is 1. The van der Waals surface area contributed by atoms with Crippen LogP contribution in [0, 0.1) is 0 Å². The van der Waals surface area contributed by atoms with E-state index in [1.165, 1.54) is 17.0 Å². The highest BCUT2D eigenvalue weighted by Gasteiger charge is 2.35. The number of carbonyl (C=O) groups excluding carboxylic acids is 2. The zero-order valence-electron chi connectivity index (χ0n) is 27.9. The first-order chi connectivity index (χ1) is 23.5. The van der Waals surface area contributed by atoms with Crippen LogP contribution in [0.2, 0.25) is 10.0 Å². The Kier molecular flexibility index (Phi) is 12.4. The van der Waals surface area contributed by atoms with Crippen LogP contribution in [0.3, 0.4) is 0 Å². The molecule has 1 aliphatic rings. The average molecular weight is 721 g/mol. The van der Waals surface area contributed by atoms with Gasteiger partial charge >= 0.3 is 0 Å². The van der Waals surface area contributed by atoms with Crippen LogP contribution in [-0.4, -0.2) is 43.8 Å². The summed E-state index contributed by atoms with van der Waals surface area (Å²) in [6.45, 7) is 3.55. The maximum absolute atomic E-state index is 14.8. The van der Waals surface area contributed by atoms with Crippen molar-refractivity contribution in [2.45, 2.75) is 81.8 Å². The van der Waals surface area contributed by atoms with Gasteiger partial charge in [0.05, 0.1) is 10.6 Å². The molecule has 0 saturated heterocycles. The normalized spacial score (nSPS) is 14.3. The molecule has 0 spiro atoms. The number of carbonyl (C=O) groups is 2. The first-order valence-electron chi connectivity index (χ1n) is 16.8. The Labute approximate surface area is 300 Å². The summed E-state index contributed by atoms with van der Waals surface area (Å²) in [4.78, 5) is 30.6. The third kappa shape index (κ3) is 9.44. The van der Waals surface area contributed by atoms with Crippen molar-refractivity contribution < 1.29 is 18.0 Å². The summed E-state index contributed by atoms with van der Waals surface area (Å²) in [5.41, 5.74) is 2.83. The van der Waals surface area contributed by atoms with Crippen molar-refractivity contribution >= 4 is 50.7 Å². The Bertz CT molecular complexity index is 1810. The fourth-order valence-corrected chi connectivity index (χ4v) is 8.11. The SMILES string of the molecule is CC(C)c1ccc(N(CC(=O)N(Cc2ccc(Cl)cc2Cl)[C@@H](Cc2ccccc2)C(=O)NC2CCCCC2)S(=O)(=O)c2ccccc2)cc1. The molecule has 0 aliphatic heterocycles. The average Bonchev–Trinajstić information content (AvgIpc) is 3.10. The number of amides is 2. The Balaban J connectivity index is 1.58. The first-order valence-corrected chi connectivity index (χ1v) is 19.0. The molecule has 0 aromatic heterocycles. The number of halogens is 2. The third-order valence-corrected chi connectivity index (χ3v) is 11.4. The zero-order chi connectivity index (χ0) is 35.0. The minimum Gasteiger partial charge on any atom is -0.352 e. The van der Waals surface area contributed by atoms with Crippen molar-refractivity contribution in [3.8, 4) is 0 Å². The summed E-state index contributed by atoms with van der Waals surface area (Å²) in [7, 11) is -4.19. The van der Waals surface area contributed by atoms with Crippen molar-refractivity contribution in [3.63, 3.8) is 0 Å². The van der Waals surface area contributed by atoms with Crippen molar-refractivity contribution in [3.05, 3.63) is 130 Å². The van der Waals surface area contributed by atoms with Crippen LogP contribution in [-0.2, 0) is 32.6 Å². The third-order valence-electron chi connectivity index (χ3n) is 9.04. The van der Waals surface area contributed by atoms with Crippen molar-refractivity contribution in [2.75, 3.05) is 10.8 Å². The second kappa shape index (κ2) is 16.7. The predicted molar refractivity (Wildman–Crippen MR) is 197 cm³/mol. The number of nitrogens with zero attached hydrogens (tertiary/aromatic N) is 2. The van der Waals surface area contributed by atoms with Gasteiger partial charge < -0.3 is 10.2 Å². The molecule has 0 bridgehead atoms. The van der Waals surface area contributed by atoms with Crippen LogP contribution < -0.4 is 9.62 Å². The molecule has 0 heterocycles. The quantitative estimate of drug-likeness (QED) is 0.150. The summed E-state index contributed by atoms with van der Waals surface area (Å²) < 4.78 is 29.6. The van der Waals surface area contributed by atoms with Gasteiger partial charge in [-0.25, -0.2) is 8.42 Å². The van der Waals surface area contributed by atoms with Crippen molar-refractivity contribution in [2.24, 2.45) is 0 Å². The molecule has 1 saturated carbocycles. The lowest BCUT2D eigenvalue weighted by molar-refractivity contribution is -0.140. The van der Waals surface area contributed by atoms with Gasteiger partial charge in [-0.1, -0.05) is 123 Å². The number of hydrogen-bond donors (Lipinski definition) is 1. The largest absolute Gasteiger partial charge is 0.352 e. The van der Waals surface area contributed by atoms with Gasteiger partial charge in [-0.05, 0) is 71.8 Å². The fraction of sp³-hybridized carbons (Fsp3) is 0.333. The Morgan fingerprint density at radius 1 is 0.837 bits per heavy atom. The maximum Gasteiger partial charge on any atom is 0.264 e. The van der Waals surface area contributed by atoms with Crippen molar-refractivity contribution in [1.82, 2.24) is 10.2 Å². The van der Waals surface area contributed by atoms with Crippen LogP contribution in [0.15, 0.2) is 108 Å². The van der Waals surface area contributed by atoms with E-state index in [9.17, 15) is 18.0 Å². The van der Waals surface area contributed by atoms with Gasteiger partial charge in [0.2, 0.25) is 11.8 Å². The maximum atomic E-state index is 14.8. The molecule has 4 aromatic carbocycles. The minimum atomic E-state index is -4.19. The smallest absolute Gasteiger partial charge is 0.264 e. The lowest BCUT2D eigenvalue weighted by Gasteiger charge is -2.35. The molecule has 0 unspecified atom stereocenters. The van der Waals surface area contributed by atoms with E-state index in [2.05, 4.69) is 19.2 Å². The van der Waals surface area contributed by atoms with E-state index in [4.69, 9.17) is 23.2 Å². The van der Waals surface area contributed by atoms with E-state index in [0.29, 0.717) is 21.3 Å². The molecule has 4 aromatic rings. The van der Waals surface area contributed by atoms with Gasteiger partial charge in [-0.15, -0.1) is 0 Å². The Morgan fingerprint density at radius 3 is 2.08 bits per heavy atom. The highest BCUT2D eigenvalue weighted by molar-refractivity contribution is 7.92. The van der Waals surface area contributed by atoms with Crippen LogP contribution in [0.1, 0.15) is 68.6 Å². The van der Waals surface area contributed by atoms with Gasteiger partial charge in [-0.3, -0.25) is 13.9 Å². The molecule has 49 heavy (non-hydrogen) atoms. The monoisotopic (exact) mass is 719 g/mol. The molecule has 2 amide bonds. The van der Waals surface area contributed by atoms with E-state index >= 15 is 0 Å². The predicted octanol–water partition coefficient (Wildman–Crippen LogP) is 8.40. The fourth-order valence-electron chi connectivity index (χ4n) is 6.21. The van der Waals surface area contributed by atoms with Crippen molar-refractivity contribution in [1.29, 1.82) is 0 Å². The number of hydrogen-bond acceptors (Lipinski definition) is 4. The Morgan fingerprint density at radius 2 is 1.47 bits per heavy atom. The molecule has 5 rings (SSSR count). The van der Waals surface area contributed by atoms with Crippen LogP contribution in [0.25, 0.3) is 0 Å². The summed E-state index contributed by atoms with van der Waals surface area (Å²) in [6.07, 6.45) is 5.15. The molecule has 1 N–H and O–H groups in total. The number of benzene rings is 4. The molecule has 258 valence electrons. The standard InChI is InChI=1S/C39H43Cl2N3O4S/c1-28(2)30-19-22-34(23-20-30)44(49(47,48)35-16-10-5-11-17-35)27-38(45)43(26-31-18-21-32(40)25-36(31)41)37(24-29-12-6-3-7-13-29)39(46)42-33-14-8-4-9-15-33/h3,5-7,10-13,16-23,25,28,33,37H,4,8-9,14-15,24,26-27H2,1-2H3,(H,42,46)/t37-/m0/s1. The van der Waals surface area contributed by atoms with Crippen LogP contribution >= 0.6 is 23.2 Å². The number of nitrogens with one attached hydrogen (secondary N) is 1. The number of sulfonamides is 1. The van der Waals surface area contributed by atoms with Gasteiger partial charge in [0.15, 0.2) is 0 Å². The van der Waals surface area contributed by atoms with E-state index in [0.717, 1.165) is 47.5 Å². The molecule has 1 aliphatic carbocycles. The molecular formula is C39H43Cl2N3O4S. The second-order valence-electron chi connectivity index (χ2n) is 12.9. The first kappa shape index (κ1) is 36.4. The Hall–Kier alpha value is -3.85. The van der Waals surface area contributed by atoms with Crippen LogP contribution in [0.4, 0.5) is 5.69 Å². The summed E-state index contributed by atoms with van der Waals surface area (Å²) in [5.74, 6) is -0.595. The molecule has 0 radical (unpaired) electrons. The minimum absolute atomic E-state index is 0.00465. The van der Waals surface area contributed by atoms with Crippen LogP contribution in [0.5, 0.6) is 0 Å². The number of rotatable bonds is 13. The van der Waals surface area contributed by atoms with E-state index in [1.807, 2.05) is 42.5 Å². The lowest BCUT2D eigenvalue weighted by Crippen LogP contribution is -2.55. The highest BCUT2D eigenvalue weighted by atomic mass is 35.5. The van der Waals surface area contributed by atoms with Gasteiger partial charge in [0, 0.05) is 29.1 Å². The molecular weight excluding hydrogens is 677 g/mol.